The fourth-order valence-corrected chi connectivity index (χ4v) is 3.82. The third kappa shape index (κ3) is 4.53. The summed E-state index contributed by atoms with van der Waals surface area (Å²) in [6.07, 6.45) is 9.97. The largest absolute Gasteiger partial charge is 0.497 e. The first-order chi connectivity index (χ1) is 11.1. The van der Waals surface area contributed by atoms with Crippen molar-refractivity contribution in [3.8, 4) is 11.5 Å². The van der Waals surface area contributed by atoms with Crippen molar-refractivity contribution in [3.63, 3.8) is 0 Å². The van der Waals surface area contributed by atoms with E-state index in [1.54, 1.807) is 19.8 Å². The van der Waals surface area contributed by atoms with Gasteiger partial charge in [0, 0.05) is 17.5 Å². The Bertz CT molecular complexity index is 545. The van der Waals surface area contributed by atoms with E-state index in [0.29, 0.717) is 11.8 Å². The summed E-state index contributed by atoms with van der Waals surface area (Å²) in [4.78, 5) is 0. The van der Waals surface area contributed by atoms with Gasteiger partial charge in [-0.2, -0.15) is 0 Å². The second-order valence-corrected chi connectivity index (χ2v) is 6.99. The maximum atomic E-state index is 5.68. The predicted molar refractivity (Wildman–Crippen MR) is 97.7 cm³/mol. The minimum absolute atomic E-state index is 0.398. The molecule has 0 aromatic heterocycles. The van der Waals surface area contributed by atoms with Crippen molar-refractivity contribution in [1.82, 2.24) is 0 Å². The molecule has 0 saturated carbocycles. The Hall–Kier alpha value is -1.44. The standard InChI is InChI=1S/C21H32O2/c1-6-7-8-9-17-10-15(2)11-18-13-19(22-4)14-20(23-5)21(18)16(3)12-17/h12-16H,6-11H2,1-5H3. The highest BCUT2D eigenvalue weighted by Crippen LogP contribution is 2.39. The Labute approximate surface area is 141 Å². The second-order valence-electron chi connectivity index (χ2n) is 6.99. The van der Waals surface area contributed by atoms with Crippen molar-refractivity contribution in [2.24, 2.45) is 5.92 Å². The zero-order valence-corrected chi connectivity index (χ0v) is 15.4. The lowest BCUT2D eigenvalue weighted by atomic mass is 9.81. The number of methoxy groups -OCH3 is 2. The van der Waals surface area contributed by atoms with E-state index in [1.807, 2.05) is 6.07 Å². The van der Waals surface area contributed by atoms with E-state index in [-0.39, 0.29) is 0 Å². The normalized spacial score (nSPS) is 21.0. The average molecular weight is 316 g/mol. The van der Waals surface area contributed by atoms with Crippen molar-refractivity contribution in [2.75, 3.05) is 14.2 Å². The van der Waals surface area contributed by atoms with Gasteiger partial charge in [0.1, 0.15) is 11.5 Å². The van der Waals surface area contributed by atoms with Gasteiger partial charge >= 0.3 is 0 Å². The first-order valence-corrected chi connectivity index (χ1v) is 9.03. The lowest BCUT2D eigenvalue weighted by Gasteiger charge is -2.26. The summed E-state index contributed by atoms with van der Waals surface area (Å²) < 4.78 is 11.1. The molecule has 0 N–H and O–H groups in total. The van der Waals surface area contributed by atoms with E-state index in [4.69, 9.17) is 9.47 Å². The monoisotopic (exact) mass is 316 g/mol. The van der Waals surface area contributed by atoms with Gasteiger partial charge in [-0.15, -0.1) is 0 Å². The Kier molecular flexibility index (Phi) is 6.56. The number of benzene rings is 1. The van der Waals surface area contributed by atoms with Gasteiger partial charge in [0.15, 0.2) is 0 Å². The van der Waals surface area contributed by atoms with Crippen LogP contribution < -0.4 is 9.47 Å². The van der Waals surface area contributed by atoms with Gasteiger partial charge in [0.2, 0.25) is 0 Å². The molecule has 2 nitrogen and oxygen atoms in total. The Balaban J connectivity index is 2.37. The van der Waals surface area contributed by atoms with Crippen LogP contribution in [0, 0.1) is 5.92 Å². The Morgan fingerprint density at radius 2 is 1.83 bits per heavy atom. The lowest BCUT2D eigenvalue weighted by molar-refractivity contribution is 0.387. The number of hydrogen-bond acceptors (Lipinski definition) is 2. The molecular formula is C21H32O2. The van der Waals surface area contributed by atoms with Crippen LogP contribution in [-0.4, -0.2) is 14.2 Å². The molecule has 0 aliphatic heterocycles. The molecule has 0 bridgehead atoms. The molecule has 23 heavy (non-hydrogen) atoms. The molecule has 2 rings (SSSR count). The fraction of sp³-hybridized carbons (Fsp3) is 0.619. The summed E-state index contributed by atoms with van der Waals surface area (Å²) in [6, 6.07) is 4.22. The Morgan fingerprint density at radius 1 is 1.04 bits per heavy atom. The molecule has 0 radical (unpaired) electrons. The van der Waals surface area contributed by atoms with Gasteiger partial charge in [-0.1, -0.05) is 45.3 Å². The van der Waals surface area contributed by atoms with Gasteiger partial charge in [-0.25, -0.2) is 0 Å². The number of allylic oxidation sites excluding steroid dienone is 2. The molecular weight excluding hydrogens is 284 g/mol. The van der Waals surface area contributed by atoms with Crippen LogP contribution in [0.25, 0.3) is 0 Å². The molecule has 1 aliphatic rings. The maximum absolute atomic E-state index is 5.68. The molecule has 2 heteroatoms. The second kappa shape index (κ2) is 8.42. The minimum Gasteiger partial charge on any atom is -0.497 e. The summed E-state index contributed by atoms with van der Waals surface area (Å²) in [6.45, 7) is 6.93. The zero-order chi connectivity index (χ0) is 16.8. The van der Waals surface area contributed by atoms with Crippen LogP contribution in [-0.2, 0) is 6.42 Å². The van der Waals surface area contributed by atoms with Crippen molar-refractivity contribution in [3.05, 3.63) is 34.9 Å². The molecule has 1 aromatic carbocycles. The van der Waals surface area contributed by atoms with Crippen LogP contribution >= 0.6 is 0 Å². The Morgan fingerprint density at radius 3 is 2.48 bits per heavy atom. The van der Waals surface area contributed by atoms with E-state index >= 15 is 0 Å². The van der Waals surface area contributed by atoms with E-state index in [9.17, 15) is 0 Å². The van der Waals surface area contributed by atoms with E-state index < -0.39 is 0 Å². The van der Waals surface area contributed by atoms with Crippen molar-refractivity contribution < 1.29 is 9.47 Å². The number of unbranched alkanes of at least 4 members (excludes halogenated alkanes) is 2. The van der Waals surface area contributed by atoms with Gasteiger partial charge < -0.3 is 9.47 Å². The molecule has 0 saturated heterocycles. The first kappa shape index (κ1) is 17.9. The van der Waals surface area contributed by atoms with Crippen molar-refractivity contribution in [2.45, 2.75) is 65.2 Å². The number of ether oxygens (including phenoxy) is 2. The highest BCUT2D eigenvalue weighted by Gasteiger charge is 2.22. The van der Waals surface area contributed by atoms with Gasteiger partial charge in [0.05, 0.1) is 14.2 Å². The molecule has 2 unspecified atom stereocenters. The molecule has 1 aliphatic carbocycles. The number of fused-ring (bicyclic) bond motifs is 1. The third-order valence-electron chi connectivity index (χ3n) is 4.88. The lowest BCUT2D eigenvalue weighted by Crippen LogP contribution is -2.11. The van der Waals surface area contributed by atoms with Crippen LogP contribution in [0.4, 0.5) is 0 Å². The summed E-state index contributed by atoms with van der Waals surface area (Å²) >= 11 is 0. The fourth-order valence-electron chi connectivity index (χ4n) is 3.82. The summed E-state index contributed by atoms with van der Waals surface area (Å²) in [5.41, 5.74) is 4.35. The van der Waals surface area contributed by atoms with E-state index in [2.05, 4.69) is 32.9 Å². The van der Waals surface area contributed by atoms with Crippen LogP contribution in [0.3, 0.4) is 0 Å². The summed E-state index contributed by atoms with van der Waals surface area (Å²) in [5, 5.41) is 0. The quantitative estimate of drug-likeness (QED) is 0.481. The summed E-state index contributed by atoms with van der Waals surface area (Å²) in [7, 11) is 3.48. The topological polar surface area (TPSA) is 18.5 Å². The highest BCUT2D eigenvalue weighted by molar-refractivity contribution is 5.50. The zero-order valence-electron chi connectivity index (χ0n) is 15.4. The molecule has 0 heterocycles. The SMILES string of the molecule is CCCCCC1=CC(C)c2c(cc(OC)cc2OC)CC(C)C1. The third-order valence-corrected chi connectivity index (χ3v) is 4.88. The first-order valence-electron chi connectivity index (χ1n) is 9.03. The molecule has 128 valence electrons. The average Bonchev–Trinajstić information content (AvgIpc) is 2.52. The van der Waals surface area contributed by atoms with Gasteiger partial charge in [-0.3, -0.25) is 0 Å². The smallest absolute Gasteiger partial charge is 0.126 e. The molecule has 0 amide bonds. The molecule has 0 fully saturated rings. The molecule has 1 aromatic rings. The molecule has 0 spiro atoms. The highest BCUT2D eigenvalue weighted by atomic mass is 16.5. The van der Waals surface area contributed by atoms with E-state index in [1.165, 1.54) is 43.2 Å². The van der Waals surface area contributed by atoms with Crippen LogP contribution in [0.15, 0.2) is 23.8 Å². The van der Waals surface area contributed by atoms with Crippen LogP contribution in [0.5, 0.6) is 11.5 Å². The predicted octanol–water partition coefficient (Wildman–Crippen LogP) is 5.90. The molecule has 2 atom stereocenters. The van der Waals surface area contributed by atoms with Crippen LogP contribution in [0.2, 0.25) is 0 Å². The minimum atomic E-state index is 0.398. The number of hydrogen-bond donors (Lipinski definition) is 0. The van der Waals surface area contributed by atoms with Crippen molar-refractivity contribution in [1.29, 1.82) is 0 Å². The maximum Gasteiger partial charge on any atom is 0.126 e. The van der Waals surface area contributed by atoms with E-state index in [0.717, 1.165) is 17.9 Å². The van der Waals surface area contributed by atoms with Gasteiger partial charge in [0.25, 0.3) is 0 Å². The van der Waals surface area contributed by atoms with Gasteiger partial charge in [-0.05, 0) is 43.2 Å². The summed E-state index contributed by atoms with van der Waals surface area (Å²) in [5.74, 6) is 2.92. The van der Waals surface area contributed by atoms with Crippen molar-refractivity contribution >= 4 is 0 Å². The number of rotatable bonds is 6. The van der Waals surface area contributed by atoms with Crippen LogP contribution in [0.1, 0.15) is 69.9 Å².